The van der Waals surface area contributed by atoms with E-state index in [0.29, 0.717) is 6.54 Å². The van der Waals surface area contributed by atoms with Gasteiger partial charge < -0.3 is 11.1 Å². The van der Waals surface area contributed by atoms with E-state index in [1.165, 1.54) is 6.92 Å². The molecule has 6 nitrogen and oxygen atoms in total. The molecular weight excluding hydrogens is 186 g/mol. The van der Waals surface area contributed by atoms with E-state index < -0.39 is 17.7 Å². The number of nitrogens with one attached hydrogen (secondary N) is 1. The number of nitrogens with two attached hydrogens (primary N) is 1. The van der Waals surface area contributed by atoms with Gasteiger partial charge in [-0.15, -0.1) is 0 Å². The Hall–Kier alpha value is -1.43. The van der Waals surface area contributed by atoms with Gasteiger partial charge in [0.1, 0.15) is 0 Å². The number of imide groups is 1. The lowest BCUT2D eigenvalue weighted by atomic mass is 10.4. The molecule has 0 fully saturated rings. The first-order valence-electron chi connectivity index (χ1n) is 4.34. The molecule has 0 unspecified atom stereocenters. The second-order valence-electron chi connectivity index (χ2n) is 2.62. The van der Waals surface area contributed by atoms with Gasteiger partial charge in [0.2, 0.25) is 5.91 Å². The maximum absolute atomic E-state index is 11.3. The summed E-state index contributed by atoms with van der Waals surface area (Å²) in [4.78, 5) is 34.1. The first-order chi connectivity index (χ1) is 6.54. The molecule has 0 spiro atoms. The van der Waals surface area contributed by atoms with Crippen molar-refractivity contribution in [1.29, 1.82) is 0 Å². The quantitative estimate of drug-likeness (QED) is 0.541. The van der Waals surface area contributed by atoms with Gasteiger partial charge in [-0.05, 0) is 6.92 Å². The van der Waals surface area contributed by atoms with Crippen LogP contribution >= 0.6 is 0 Å². The van der Waals surface area contributed by atoms with E-state index in [1.807, 2.05) is 0 Å². The second kappa shape index (κ2) is 6.09. The molecule has 0 aliphatic heterocycles. The van der Waals surface area contributed by atoms with Crippen LogP contribution in [0, 0.1) is 0 Å². The van der Waals surface area contributed by atoms with Gasteiger partial charge in [0.25, 0.3) is 0 Å². The molecule has 0 rings (SSSR count). The van der Waals surface area contributed by atoms with Gasteiger partial charge in [-0.3, -0.25) is 19.3 Å². The summed E-state index contributed by atoms with van der Waals surface area (Å²) in [5, 5.41) is 2.32. The van der Waals surface area contributed by atoms with Crippen LogP contribution in [0.1, 0.15) is 13.8 Å². The predicted octanol–water partition coefficient (Wildman–Crippen LogP) is -1.54. The van der Waals surface area contributed by atoms with Crippen molar-refractivity contribution in [3.63, 3.8) is 0 Å². The molecule has 0 radical (unpaired) electrons. The van der Waals surface area contributed by atoms with Crippen molar-refractivity contribution < 1.29 is 14.4 Å². The zero-order valence-corrected chi connectivity index (χ0v) is 8.37. The Kier molecular flexibility index (Phi) is 5.47. The van der Waals surface area contributed by atoms with Gasteiger partial charge in [-0.25, -0.2) is 0 Å². The summed E-state index contributed by atoms with van der Waals surface area (Å²) in [5.41, 5.74) is 5.20. The standard InChI is InChI=1S/C8H15N3O3/c1-3-10-7(13)8(14)11(5-4-9)6(2)12/h3-5,9H2,1-2H3,(H,10,13). The number of rotatable bonds is 3. The Morgan fingerprint density at radius 2 is 1.93 bits per heavy atom. The molecule has 14 heavy (non-hydrogen) atoms. The van der Waals surface area contributed by atoms with Gasteiger partial charge in [-0.2, -0.15) is 0 Å². The SMILES string of the molecule is CCNC(=O)C(=O)N(CCN)C(C)=O. The Morgan fingerprint density at radius 3 is 2.29 bits per heavy atom. The fraction of sp³-hybridized carbons (Fsp3) is 0.625. The van der Waals surface area contributed by atoms with E-state index in [9.17, 15) is 14.4 Å². The summed E-state index contributed by atoms with van der Waals surface area (Å²) in [6.07, 6.45) is 0. The van der Waals surface area contributed by atoms with Crippen LogP contribution in [-0.2, 0) is 14.4 Å². The molecule has 0 aliphatic carbocycles. The van der Waals surface area contributed by atoms with Gasteiger partial charge in [-0.1, -0.05) is 0 Å². The molecule has 3 amide bonds. The van der Waals surface area contributed by atoms with Crippen LogP contribution < -0.4 is 11.1 Å². The largest absolute Gasteiger partial charge is 0.348 e. The van der Waals surface area contributed by atoms with Crippen molar-refractivity contribution in [2.24, 2.45) is 5.73 Å². The van der Waals surface area contributed by atoms with E-state index in [4.69, 9.17) is 5.73 Å². The van der Waals surface area contributed by atoms with E-state index in [1.54, 1.807) is 6.92 Å². The van der Waals surface area contributed by atoms with Crippen molar-refractivity contribution in [3.8, 4) is 0 Å². The number of likely N-dealkylation sites (N-methyl/N-ethyl adjacent to an activating group) is 1. The van der Waals surface area contributed by atoms with Gasteiger partial charge in [0.15, 0.2) is 0 Å². The van der Waals surface area contributed by atoms with E-state index >= 15 is 0 Å². The molecule has 0 saturated heterocycles. The predicted molar refractivity (Wildman–Crippen MR) is 50.1 cm³/mol. The van der Waals surface area contributed by atoms with Crippen LogP contribution in [0.3, 0.4) is 0 Å². The fourth-order valence-corrected chi connectivity index (χ4v) is 0.890. The Morgan fingerprint density at radius 1 is 1.36 bits per heavy atom. The van der Waals surface area contributed by atoms with Crippen molar-refractivity contribution >= 4 is 17.7 Å². The molecule has 0 atom stereocenters. The number of hydrogen-bond donors (Lipinski definition) is 2. The molecule has 0 aromatic carbocycles. The lowest BCUT2D eigenvalue weighted by Crippen LogP contribution is -2.47. The van der Waals surface area contributed by atoms with E-state index in [0.717, 1.165) is 4.90 Å². The van der Waals surface area contributed by atoms with E-state index in [2.05, 4.69) is 5.32 Å². The molecule has 0 aromatic rings. The highest BCUT2D eigenvalue weighted by molar-refractivity contribution is 6.37. The Bertz CT molecular complexity index is 240. The van der Waals surface area contributed by atoms with Crippen LogP contribution in [0.25, 0.3) is 0 Å². The van der Waals surface area contributed by atoms with Crippen LogP contribution in [0.2, 0.25) is 0 Å². The average Bonchev–Trinajstić information content (AvgIpc) is 2.13. The third-order valence-electron chi connectivity index (χ3n) is 1.51. The summed E-state index contributed by atoms with van der Waals surface area (Å²) in [6.45, 7) is 3.45. The van der Waals surface area contributed by atoms with Crippen LogP contribution in [0.15, 0.2) is 0 Å². The smallest absolute Gasteiger partial charge is 0.318 e. The minimum atomic E-state index is -0.857. The van der Waals surface area contributed by atoms with Crippen molar-refractivity contribution in [3.05, 3.63) is 0 Å². The normalized spacial score (nSPS) is 9.36. The number of amides is 3. The summed E-state index contributed by atoms with van der Waals surface area (Å²) in [7, 11) is 0. The van der Waals surface area contributed by atoms with Crippen molar-refractivity contribution in [1.82, 2.24) is 10.2 Å². The molecule has 0 heterocycles. The second-order valence-corrected chi connectivity index (χ2v) is 2.62. The molecule has 80 valence electrons. The molecule has 3 N–H and O–H groups in total. The monoisotopic (exact) mass is 201 g/mol. The average molecular weight is 201 g/mol. The van der Waals surface area contributed by atoms with Crippen molar-refractivity contribution in [2.45, 2.75) is 13.8 Å². The third-order valence-corrected chi connectivity index (χ3v) is 1.51. The first kappa shape index (κ1) is 12.6. The number of hydrogen-bond acceptors (Lipinski definition) is 4. The van der Waals surface area contributed by atoms with Gasteiger partial charge in [0, 0.05) is 26.6 Å². The number of nitrogens with zero attached hydrogens (tertiary/aromatic N) is 1. The highest BCUT2D eigenvalue weighted by Crippen LogP contribution is 1.90. The summed E-state index contributed by atoms with van der Waals surface area (Å²) in [6, 6.07) is 0. The van der Waals surface area contributed by atoms with Gasteiger partial charge in [0.05, 0.1) is 0 Å². The molecule has 0 aliphatic rings. The molecule has 0 bridgehead atoms. The minimum Gasteiger partial charge on any atom is -0.348 e. The highest BCUT2D eigenvalue weighted by atomic mass is 16.2. The zero-order valence-electron chi connectivity index (χ0n) is 8.37. The third kappa shape index (κ3) is 3.53. The Labute approximate surface area is 82.4 Å². The lowest BCUT2D eigenvalue weighted by Gasteiger charge is -2.16. The van der Waals surface area contributed by atoms with Crippen LogP contribution in [0.4, 0.5) is 0 Å². The molecule has 0 saturated carbocycles. The van der Waals surface area contributed by atoms with Crippen molar-refractivity contribution in [2.75, 3.05) is 19.6 Å². The summed E-state index contributed by atoms with van der Waals surface area (Å²) in [5.74, 6) is -2.12. The zero-order chi connectivity index (χ0) is 11.1. The molecule has 0 aromatic heterocycles. The fourth-order valence-electron chi connectivity index (χ4n) is 0.890. The first-order valence-corrected chi connectivity index (χ1v) is 4.34. The molecule has 6 heteroatoms. The number of carbonyl (C=O) groups excluding carboxylic acids is 3. The maximum atomic E-state index is 11.3. The minimum absolute atomic E-state index is 0.0608. The van der Waals surface area contributed by atoms with Gasteiger partial charge >= 0.3 is 11.8 Å². The summed E-state index contributed by atoms with van der Waals surface area (Å²) >= 11 is 0. The lowest BCUT2D eigenvalue weighted by molar-refractivity contribution is -0.151. The van der Waals surface area contributed by atoms with Crippen LogP contribution in [0.5, 0.6) is 0 Å². The van der Waals surface area contributed by atoms with Crippen LogP contribution in [-0.4, -0.2) is 42.3 Å². The summed E-state index contributed by atoms with van der Waals surface area (Å²) < 4.78 is 0. The maximum Gasteiger partial charge on any atom is 0.318 e. The Balaban J connectivity index is 4.43. The topological polar surface area (TPSA) is 92.5 Å². The highest BCUT2D eigenvalue weighted by Gasteiger charge is 2.23. The van der Waals surface area contributed by atoms with E-state index in [-0.39, 0.29) is 13.1 Å². The number of carbonyl (C=O) groups is 3. The molecular formula is C8H15N3O3.